The number of aliphatic hydroxyl groups is 1. The molecule has 1 heterocycles. The summed E-state index contributed by atoms with van der Waals surface area (Å²) >= 11 is 0. The minimum Gasteiger partial charge on any atom is -0.396 e. The van der Waals surface area contributed by atoms with Crippen LogP contribution in [0.1, 0.15) is 57.6 Å². The van der Waals surface area contributed by atoms with Crippen molar-refractivity contribution in [1.29, 1.82) is 0 Å². The number of aryl methyl sites for hydroxylation is 1. The van der Waals surface area contributed by atoms with Crippen molar-refractivity contribution in [3.05, 3.63) is 11.6 Å². The molecule has 3 N–H and O–H groups in total. The van der Waals surface area contributed by atoms with E-state index in [4.69, 9.17) is 0 Å². The molecule has 0 aliphatic heterocycles. The molecule has 1 aromatic rings. The lowest BCUT2D eigenvalue weighted by atomic mass is 10.0. The molecule has 0 saturated carbocycles. The second-order valence-electron chi connectivity index (χ2n) is 6.22. The van der Waals surface area contributed by atoms with Crippen LogP contribution < -0.4 is 10.6 Å². The standard InChI is InChI=1S/C17H34N6O/c1-5-7-10-18-17(19-12-15(8-6-2)9-11-24)20-13-16-22-21-14(3)23(16)4/h15,24H,5-13H2,1-4H3,(H2,18,19,20). The van der Waals surface area contributed by atoms with E-state index in [1.165, 1.54) is 0 Å². The topological polar surface area (TPSA) is 87.4 Å². The van der Waals surface area contributed by atoms with Gasteiger partial charge in [0, 0.05) is 26.7 Å². The smallest absolute Gasteiger partial charge is 0.191 e. The molecule has 0 aromatic carbocycles. The highest BCUT2D eigenvalue weighted by atomic mass is 16.3. The quantitative estimate of drug-likeness (QED) is 0.325. The Hall–Kier alpha value is -1.63. The van der Waals surface area contributed by atoms with E-state index in [2.05, 4.69) is 39.7 Å². The normalized spacial score (nSPS) is 13.1. The van der Waals surface area contributed by atoms with Crippen LogP contribution in [0, 0.1) is 12.8 Å². The van der Waals surface area contributed by atoms with Crippen molar-refractivity contribution in [1.82, 2.24) is 25.4 Å². The molecule has 1 atom stereocenters. The lowest BCUT2D eigenvalue weighted by molar-refractivity contribution is 0.251. The van der Waals surface area contributed by atoms with E-state index in [9.17, 15) is 5.11 Å². The molecule has 0 aliphatic carbocycles. The molecule has 0 aliphatic rings. The molecule has 1 unspecified atom stereocenters. The zero-order valence-electron chi connectivity index (χ0n) is 15.7. The summed E-state index contributed by atoms with van der Waals surface area (Å²) in [6.45, 7) is 8.74. The van der Waals surface area contributed by atoms with Crippen LogP contribution in [-0.4, -0.2) is 45.5 Å². The van der Waals surface area contributed by atoms with Crippen LogP contribution in [-0.2, 0) is 13.6 Å². The average Bonchev–Trinajstić information content (AvgIpc) is 2.89. The number of hydrogen-bond donors (Lipinski definition) is 3. The van der Waals surface area contributed by atoms with Crippen LogP contribution in [0.4, 0.5) is 0 Å². The Morgan fingerprint density at radius 2 is 2.00 bits per heavy atom. The SMILES string of the molecule is CCCCNC(=NCc1nnc(C)n1C)NCC(CCC)CCO. The van der Waals surface area contributed by atoms with Crippen molar-refractivity contribution in [3.8, 4) is 0 Å². The Bertz CT molecular complexity index is 479. The molecule has 0 amide bonds. The Balaban J connectivity index is 2.64. The van der Waals surface area contributed by atoms with Gasteiger partial charge in [-0.3, -0.25) is 0 Å². The van der Waals surface area contributed by atoms with Gasteiger partial charge in [-0.2, -0.15) is 0 Å². The molecule has 0 spiro atoms. The van der Waals surface area contributed by atoms with E-state index in [0.717, 1.165) is 62.8 Å². The summed E-state index contributed by atoms with van der Waals surface area (Å²) in [6.07, 6.45) is 5.31. The number of rotatable bonds is 11. The molecule has 24 heavy (non-hydrogen) atoms. The first kappa shape index (κ1) is 20.4. The first-order valence-corrected chi connectivity index (χ1v) is 9.10. The van der Waals surface area contributed by atoms with E-state index in [1.807, 2.05) is 18.5 Å². The minimum atomic E-state index is 0.236. The fraction of sp³-hybridized carbons (Fsp3) is 0.824. The highest BCUT2D eigenvalue weighted by Crippen LogP contribution is 2.09. The highest BCUT2D eigenvalue weighted by Gasteiger charge is 2.09. The number of aliphatic hydroxyl groups excluding tert-OH is 1. The maximum atomic E-state index is 9.20. The molecule has 0 radical (unpaired) electrons. The van der Waals surface area contributed by atoms with Crippen molar-refractivity contribution >= 4 is 5.96 Å². The highest BCUT2D eigenvalue weighted by molar-refractivity contribution is 5.79. The summed E-state index contributed by atoms with van der Waals surface area (Å²) in [7, 11) is 1.95. The summed E-state index contributed by atoms with van der Waals surface area (Å²) in [6, 6.07) is 0. The zero-order chi connectivity index (χ0) is 17.8. The molecular formula is C17H34N6O. The van der Waals surface area contributed by atoms with Crippen LogP contribution in [0.5, 0.6) is 0 Å². The largest absolute Gasteiger partial charge is 0.396 e. The molecule has 0 saturated heterocycles. The number of aliphatic imine (C=N–C) groups is 1. The average molecular weight is 339 g/mol. The first-order chi connectivity index (χ1) is 11.6. The van der Waals surface area contributed by atoms with Crippen molar-refractivity contribution < 1.29 is 5.11 Å². The lowest BCUT2D eigenvalue weighted by Gasteiger charge is -2.18. The Kier molecular flexibility index (Phi) is 10.1. The van der Waals surface area contributed by atoms with Crippen LogP contribution in [0.15, 0.2) is 4.99 Å². The van der Waals surface area contributed by atoms with Crippen molar-refractivity contribution in [2.24, 2.45) is 18.0 Å². The summed E-state index contributed by atoms with van der Waals surface area (Å²) in [5.41, 5.74) is 0. The minimum absolute atomic E-state index is 0.236. The number of aromatic nitrogens is 3. The Morgan fingerprint density at radius 1 is 1.21 bits per heavy atom. The van der Waals surface area contributed by atoms with Gasteiger partial charge in [-0.05, 0) is 32.1 Å². The zero-order valence-corrected chi connectivity index (χ0v) is 15.7. The van der Waals surface area contributed by atoms with Crippen molar-refractivity contribution in [3.63, 3.8) is 0 Å². The van der Waals surface area contributed by atoms with E-state index in [1.54, 1.807) is 0 Å². The second-order valence-corrected chi connectivity index (χ2v) is 6.22. The number of unbranched alkanes of at least 4 members (excludes halogenated alkanes) is 1. The maximum Gasteiger partial charge on any atom is 0.191 e. The number of hydrogen-bond acceptors (Lipinski definition) is 4. The van der Waals surface area contributed by atoms with Gasteiger partial charge in [0.1, 0.15) is 12.4 Å². The fourth-order valence-electron chi connectivity index (χ4n) is 2.48. The molecule has 0 fully saturated rings. The molecule has 7 heteroatoms. The van der Waals surface area contributed by atoms with Crippen molar-refractivity contribution in [2.75, 3.05) is 19.7 Å². The molecule has 138 valence electrons. The molecule has 0 bridgehead atoms. The fourth-order valence-corrected chi connectivity index (χ4v) is 2.48. The second kappa shape index (κ2) is 11.8. The predicted molar refractivity (Wildman–Crippen MR) is 97.9 cm³/mol. The van der Waals surface area contributed by atoms with E-state index >= 15 is 0 Å². The molecular weight excluding hydrogens is 304 g/mol. The van der Waals surface area contributed by atoms with Crippen LogP contribution in [0.25, 0.3) is 0 Å². The third kappa shape index (κ3) is 7.29. The Labute approximate surface area is 146 Å². The summed E-state index contributed by atoms with van der Waals surface area (Å²) < 4.78 is 1.96. The predicted octanol–water partition coefficient (Wildman–Crippen LogP) is 1.76. The van der Waals surface area contributed by atoms with Crippen LogP contribution in [0.2, 0.25) is 0 Å². The van der Waals surface area contributed by atoms with Gasteiger partial charge in [0.05, 0.1) is 0 Å². The number of guanidine groups is 1. The van der Waals surface area contributed by atoms with Gasteiger partial charge >= 0.3 is 0 Å². The van der Waals surface area contributed by atoms with E-state index in [0.29, 0.717) is 12.5 Å². The number of nitrogens with one attached hydrogen (secondary N) is 2. The summed E-state index contributed by atoms with van der Waals surface area (Å²) in [4.78, 5) is 4.64. The van der Waals surface area contributed by atoms with E-state index < -0.39 is 0 Å². The van der Waals surface area contributed by atoms with Crippen LogP contribution in [0.3, 0.4) is 0 Å². The third-order valence-corrected chi connectivity index (χ3v) is 4.18. The third-order valence-electron chi connectivity index (χ3n) is 4.18. The summed E-state index contributed by atoms with van der Waals surface area (Å²) in [5, 5.41) is 24.2. The van der Waals surface area contributed by atoms with Crippen molar-refractivity contribution in [2.45, 2.75) is 59.4 Å². The Morgan fingerprint density at radius 3 is 2.58 bits per heavy atom. The van der Waals surface area contributed by atoms with Crippen LogP contribution >= 0.6 is 0 Å². The van der Waals surface area contributed by atoms with Gasteiger partial charge in [0.15, 0.2) is 11.8 Å². The number of nitrogens with zero attached hydrogens (tertiary/aromatic N) is 4. The van der Waals surface area contributed by atoms with Gasteiger partial charge < -0.3 is 20.3 Å². The van der Waals surface area contributed by atoms with Gasteiger partial charge in [-0.1, -0.05) is 26.7 Å². The van der Waals surface area contributed by atoms with Gasteiger partial charge in [0.2, 0.25) is 0 Å². The van der Waals surface area contributed by atoms with E-state index in [-0.39, 0.29) is 6.61 Å². The first-order valence-electron chi connectivity index (χ1n) is 9.10. The molecule has 1 aromatic heterocycles. The monoisotopic (exact) mass is 338 g/mol. The molecule has 1 rings (SSSR count). The van der Waals surface area contributed by atoms with Gasteiger partial charge in [0.25, 0.3) is 0 Å². The maximum absolute atomic E-state index is 9.20. The van der Waals surface area contributed by atoms with Gasteiger partial charge in [-0.25, -0.2) is 4.99 Å². The van der Waals surface area contributed by atoms with Gasteiger partial charge in [-0.15, -0.1) is 10.2 Å². The summed E-state index contributed by atoms with van der Waals surface area (Å²) in [5.74, 6) is 3.02. The lowest BCUT2D eigenvalue weighted by Crippen LogP contribution is -2.40. The molecule has 7 nitrogen and oxygen atoms in total.